The van der Waals surface area contributed by atoms with Gasteiger partial charge in [0.1, 0.15) is 5.75 Å². The predicted octanol–water partition coefficient (Wildman–Crippen LogP) is 1.62. The summed E-state index contributed by atoms with van der Waals surface area (Å²) >= 11 is 0. The van der Waals surface area contributed by atoms with Crippen molar-refractivity contribution in [3.63, 3.8) is 0 Å². The number of nitrogens with one attached hydrogen (secondary N) is 1. The second-order valence-electron chi connectivity index (χ2n) is 4.75. The van der Waals surface area contributed by atoms with E-state index in [-0.39, 0.29) is 30.6 Å². The number of para-hydroxylation sites is 1. The number of ether oxygens (including phenoxy) is 2. The molecule has 0 saturated heterocycles. The van der Waals surface area contributed by atoms with Crippen LogP contribution in [0.4, 0.5) is 0 Å². The average molecular weight is 277 g/mol. The number of carbonyl (C=O) groups excluding carboxylic acids is 2. The highest BCUT2D eigenvalue weighted by Crippen LogP contribution is 2.32. The van der Waals surface area contributed by atoms with Crippen molar-refractivity contribution in [2.45, 2.75) is 25.2 Å². The number of hydrogen-bond donors (Lipinski definition) is 1. The molecule has 1 unspecified atom stereocenters. The summed E-state index contributed by atoms with van der Waals surface area (Å²) in [4.78, 5) is 22.6. The van der Waals surface area contributed by atoms with Crippen molar-refractivity contribution in [1.82, 2.24) is 5.32 Å². The van der Waals surface area contributed by atoms with Crippen LogP contribution >= 0.6 is 0 Å². The lowest BCUT2D eigenvalue weighted by molar-refractivity contribution is -0.142. The minimum absolute atomic E-state index is 0.118. The summed E-state index contributed by atoms with van der Waals surface area (Å²) in [5, 5.41) is 2.87. The summed E-state index contributed by atoms with van der Waals surface area (Å²) in [6.07, 6.45) is 1.17. The Morgan fingerprint density at radius 1 is 1.35 bits per heavy atom. The predicted molar refractivity (Wildman–Crippen MR) is 73.6 cm³/mol. The van der Waals surface area contributed by atoms with E-state index in [1.54, 1.807) is 0 Å². The van der Waals surface area contributed by atoms with Crippen molar-refractivity contribution in [3.05, 3.63) is 29.8 Å². The average Bonchev–Trinajstić information content (AvgIpc) is 2.50. The summed E-state index contributed by atoms with van der Waals surface area (Å²) in [5.41, 5.74) is 1.13. The smallest absolute Gasteiger partial charge is 0.306 e. The maximum absolute atomic E-state index is 11.7. The van der Waals surface area contributed by atoms with Gasteiger partial charge in [-0.25, -0.2) is 0 Å². The molecule has 1 heterocycles. The number of fused-ring (bicyclic) bond motifs is 1. The third-order valence-electron chi connectivity index (χ3n) is 3.41. The van der Waals surface area contributed by atoms with Crippen molar-refractivity contribution >= 4 is 11.9 Å². The Labute approximate surface area is 118 Å². The minimum Gasteiger partial charge on any atom is -0.493 e. The van der Waals surface area contributed by atoms with E-state index in [4.69, 9.17) is 4.74 Å². The van der Waals surface area contributed by atoms with E-state index < -0.39 is 0 Å². The van der Waals surface area contributed by atoms with Crippen molar-refractivity contribution in [3.8, 4) is 5.75 Å². The lowest BCUT2D eigenvalue weighted by atomic mass is 9.93. The summed E-state index contributed by atoms with van der Waals surface area (Å²) in [7, 11) is 1.32. The van der Waals surface area contributed by atoms with Crippen LogP contribution in [0.25, 0.3) is 0 Å². The highest BCUT2D eigenvalue weighted by molar-refractivity contribution is 5.81. The molecule has 1 aliphatic rings. The molecule has 0 radical (unpaired) electrons. The molecule has 0 saturated carbocycles. The van der Waals surface area contributed by atoms with Crippen LogP contribution in [0.3, 0.4) is 0 Å². The van der Waals surface area contributed by atoms with Crippen LogP contribution in [0.2, 0.25) is 0 Å². The minimum atomic E-state index is -0.364. The zero-order valence-corrected chi connectivity index (χ0v) is 11.6. The van der Waals surface area contributed by atoms with E-state index in [2.05, 4.69) is 10.1 Å². The standard InChI is InChI=1S/C15H19NO4/c1-19-15(18)7-6-14(17)16-10-11-8-9-20-13-5-3-2-4-12(11)13/h2-5,11H,6-10H2,1H3,(H,16,17). The molecule has 20 heavy (non-hydrogen) atoms. The van der Waals surface area contributed by atoms with Gasteiger partial charge in [-0.15, -0.1) is 0 Å². The highest BCUT2D eigenvalue weighted by atomic mass is 16.5. The number of methoxy groups -OCH3 is 1. The normalized spacial score (nSPS) is 16.8. The molecule has 5 heteroatoms. The Balaban J connectivity index is 1.83. The molecule has 1 aromatic rings. The number of benzene rings is 1. The van der Waals surface area contributed by atoms with Gasteiger partial charge in [0.2, 0.25) is 5.91 Å². The van der Waals surface area contributed by atoms with Crippen LogP contribution in [-0.2, 0) is 14.3 Å². The zero-order valence-electron chi connectivity index (χ0n) is 11.6. The number of hydrogen-bond acceptors (Lipinski definition) is 4. The van der Waals surface area contributed by atoms with E-state index in [1.807, 2.05) is 24.3 Å². The number of rotatable bonds is 5. The number of amides is 1. The maximum Gasteiger partial charge on any atom is 0.306 e. The quantitative estimate of drug-likeness (QED) is 0.831. The van der Waals surface area contributed by atoms with Gasteiger partial charge in [0.15, 0.2) is 0 Å². The Hall–Kier alpha value is -2.04. The maximum atomic E-state index is 11.7. The monoisotopic (exact) mass is 277 g/mol. The van der Waals surface area contributed by atoms with Gasteiger partial charge >= 0.3 is 5.97 Å². The SMILES string of the molecule is COC(=O)CCC(=O)NCC1CCOc2ccccc21. The fourth-order valence-electron chi connectivity index (χ4n) is 2.27. The molecule has 0 aromatic heterocycles. The van der Waals surface area contributed by atoms with Crippen LogP contribution in [0.15, 0.2) is 24.3 Å². The van der Waals surface area contributed by atoms with Crippen molar-refractivity contribution in [2.75, 3.05) is 20.3 Å². The first-order valence-corrected chi connectivity index (χ1v) is 6.76. The van der Waals surface area contributed by atoms with Gasteiger partial charge in [0.25, 0.3) is 0 Å². The van der Waals surface area contributed by atoms with Crippen molar-refractivity contribution < 1.29 is 19.1 Å². The van der Waals surface area contributed by atoms with Crippen LogP contribution in [0.5, 0.6) is 5.75 Å². The molecule has 108 valence electrons. The lowest BCUT2D eigenvalue weighted by Crippen LogP contribution is -2.31. The third kappa shape index (κ3) is 3.73. The van der Waals surface area contributed by atoms with Crippen LogP contribution in [-0.4, -0.2) is 32.1 Å². The Morgan fingerprint density at radius 2 is 2.15 bits per heavy atom. The third-order valence-corrected chi connectivity index (χ3v) is 3.41. The van der Waals surface area contributed by atoms with Crippen LogP contribution in [0.1, 0.15) is 30.7 Å². The molecule has 1 aliphatic heterocycles. The highest BCUT2D eigenvalue weighted by Gasteiger charge is 2.21. The van der Waals surface area contributed by atoms with E-state index in [9.17, 15) is 9.59 Å². The molecule has 0 aliphatic carbocycles. The van der Waals surface area contributed by atoms with E-state index >= 15 is 0 Å². The largest absolute Gasteiger partial charge is 0.493 e. The van der Waals surface area contributed by atoms with E-state index in [1.165, 1.54) is 7.11 Å². The Morgan fingerprint density at radius 3 is 2.95 bits per heavy atom. The molecule has 0 spiro atoms. The second-order valence-corrected chi connectivity index (χ2v) is 4.75. The topological polar surface area (TPSA) is 64.6 Å². The Bertz CT molecular complexity index is 487. The molecule has 1 amide bonds. The number of esters is 1. The molecule has 1 N–H and O–H groups in total. The molecule has 0 bridgehead atoms. The second kappa shape index (κ2) is 6.93. The molecule has 1 aromatic carbocycles. The summed E-state index contributed by atoms with van der Waals surface area (Å²) in [5.74, 6) is 0.672. The summed E-state index contributed by atoms with van der Waals surface area (Å²) in [6, 6.07) is 7.88. The van der Waals surface area contributed by atoms with Crippen LogP contribution in [0, 0.1) is 0 Å². The molecule has 5 nitrogen and oxygen atoms in total. The Kier molecular flexibility index (Phi) is 4.98. The van der Waals surface area contributed by atoms with E-state index in [0.717, 1.165) is 17.7 Å². The van der Waals surface area contributed by atoms with Gasteiger partial charge in [-0.2, -0.15) is 0 Å². The van der Waals surface area contributed by atoms with Gasteiger partial charge in [-0.3, -0.25) is 9.59 Å². The molecule has 2 rings (SSSR count). The summed E-state index contributed by atoms with van der Waals surface area (Å²) < 4.78 is 10.1. The first kappa shape index (κ1) is 14.4. The van der Waals surface area contributed by atoms with Gasteiger partial charge in [-0.1, -0.05) is 18.2 Å². The lowest BCUT2D eigenvalue weighted by Gasteiger charge is -2.26. The van der Waals surface area contributed by atoms with Crippen molar-refractivity contribution in [1.29, 1.82) is 0 Å². The first-order valence-electron chi connectivity index (χ1n) is 6.76. The molecule has 0 fully saturated rings. The number of carbonyl (C=O) groups is 2. The first-order chi connectivity index (χ1) is 9.70. The summed E-state index contributed by atoms with van der Waals surface area (Å²) in [6.45, 7) is 1.24. The van der Waals surface area contributed by atoms with Gasteiger partial charge in [-0.05, 0) is 18.1 Å². The van der Waals surface area contributed by atoms with Gasteiger partial charge < -0.3 is 14.8 Å². The van der Waals surface area contributed by atoms with Gasteiger partial charge in [0, 0.05) is 18.9 Å². The molecular weight excluding hydrogens is 258 g/mol. The fourth-order valence-corrected chi connectivity index (χ4v) is 2.27. The van der Waals surface area contributed by atoms with Gasteiger partial charge in [0.05, 0.1) is 20.1 Å². The molecule has 1 atom stereocenters. The van der Waals surface area contributed by atoms with Crippen LogP contribution < -0.4 is 10.1 Å². The van der Waals surface area contributed by atoms with E-state index in [0.29, 0.717) is 13.2 Å². The molecular formula is C15H19NO4. The van der Waals surface area contributed by atoms with Crippen molar-refractivity contribution in [2.24, 2.45) is 0 Å². The fraction of sp³-hybridized carbons (Fsp3) is 0.467. The zero-order chi connectivity index (χ0) is 14.4.